The summed E-state index contributed by atoms with van der Waals surface area (Å²) in [6, 6.07) is 6.43. The number of guanidine groups is 1. The predicted octanol–water partition coefficient (Wildman–Crippen LogP) is 3.21. The molecule has 4 nitrogen and oxygen atoms in total. The highest BCUT2D eigenvalue weighted by atomic mass is 15.2. The van der Waals surface area contributed by atoms with Crippen molar-refractivity contribution in [3.05, 3.63) is 35.5 Å². The second-order valence-electron chi connectivity index (χ2n) is 6.20. The van der Waals surface area contributed by atoms with E-state index in [1.807, 2.05) is 0 Å². The van der Waals surface area contributed by atoms with E-state index in [4.69, 9.17) is 5.73 Å². The Hall–Kier alpha value is -1.97. The van der Waals surface area contributed by atoms with Gasteiger partial charge < -0.3 is 15.6 Å². The number of fused-ring (bicyclic) bond motifs is 1. The minimum Gasteiger partial charge on any atom is -0.370 e. The van der Waals surface area contributed by atoms with Gasteiger partial charge in [0.05, 0.1) is 0 Å². The first-order valence-electron chi connectivity index (χ1n) is 8.36. The molecule has 0 atom stereocenters. The fourth-order valence-corrected chi connectivity index (χ4v) is 3.26. The van der Waals surface area contributed by atoms with E-state index in [-0.39, 0.29) is 0 Å². The summed E-state index contributed by atoms with van der Waals surface area (Å²) in [6.45, 7) is 5.00. The van der Waals surface area contributed by atoms with E-state index in [9.17, 15) is 0 Å². The lowest BCUT2D eigenvalue weighted by Crippen LogP contribution is -2.38. The molecule has 1 aliphatic heterocycles. The van der Waals surface area contributed by atoms with Crippen molar-refractivity contribution in [3.63, 3.8) is 0 Å². The lowest BCUT2D eigenvalue weighted by molar-refractivity contribution is 0.428. The van der Waals surface area contributed by atoms with Crippen LogP contribution in [0.3, 0.4) is 0 Å². The Morgan fingerprint density at radius 3 is 2.77 bits per heavy atom. The molecule has 3 N–H and O–H groups in total. The first-order valence-corrected chi connectivity index (χ1v) is 8.36. The van der Waals surface area contributed by atoms with Gasteiger partial charge in [0.15, 0.2) is 5.96 Å². The van der Waals surface area contributed by atoms with Crippen LogP contribution in [0.4, 0.5) is 0 Å². The largest absolute Gasteiger partial charge is 0.370 e. The number of para-hydroxylation sites is 1. The molecule has 1 saturated heterocycles. The Labute approximate surface area is 132 Å². The number of benzene rings is 1. The van der Waals surface area contributed by atoms with Crippen LogP contribution >= 0.6 is 0 Å². The van der Waals surface area contributed by atoms with Crippen molar-refractivity contribution in [3.8, 4) is 0 Å². The number of aliphatic imine (C=N–C) groups is 1. The van der Waals surface area contributed by atoms with E-state index in [1.54, 1.807) is 0 Å². The normalized spacial score (nSPS) is 17.0. The molecule has 1 aromatic heterocycles. The van der Waals surface area contributed by atoms with E-state index < -0.39 is 0 Å². The molecular formula is C18H26N4. The van der Waals surface area contributed by atoms with Crippen molar-refractivity contribution < 1.29 is 0 Å². The number of rotatable bonds is 3. The number of nitrogens with zero attached hydrogens (tertiary/aromatic N) is 2. The molecule has 1 fully saturated rings. The summed E-state index contributed by atoms with van der Waals surface area (Å²) in [5.74, 6) is 0.720. The van der Waals surface area contributed by atoms with Crippen molar-refractivity contribution >= 4 is 16.9 Å². The molecule has 0 saturated carbocycles. The maximum absolute atomic E-state index is 6.16. The molecule has 0 radical (unpaired) electrons. The monoisotopic (exact) mass is 298 g/mol. The summed E-state index contributed by atoms with van der Waals surface area (Å²) in [4.78, 5) is 10.2. The summed E-state index contributed by atoms with van der Waals surface area (Å²) in [5.41, 5.74) is 10.0. The first kappa shape index (κ1) is 14.9. The molecule has 0 aliphatic carbocycles. The Morgan fingerprint density at radius 2 is 2.00 bits per heavy atom. The Kier molecular flexibility index (Phi) is 4.66. The summed E-state index contributed by atoms with van der Waals surface area (Å²) >= 11 is 0. The van der Waals surface area contributed by atoms with Crippen LogP contribution < -0.4 is 5.73 Å². The van der Waals surface area contributed by atoms with Gasteiger partial charge in [-0.2, -0.15) is 0 Å². The Balaban J connectivity index is 1.63. The van der Waals surface area contributed by atoms with E-state index in [1.165, 1.54) is 47.7 Å². The molecule has 22 heavy (non-hydrogen) atoms. The van der Waals surface area contributed by atoms with Crippen LogP contribution in [-0.2, 0) is 6.42 Å². The van der Waals surface area contributed by atoms with Crippen LogP contribution in [0.2, 0.25) is 0 Å². The van der Waals surface area contributed by atoms with E-state index >= 15 is 0 Å². The number of aromatic nitrogens is 1. The number of H-pyrrole nitrogens is 1. The summed E-state index contributed by atoms with van der Waals surface area (Å²) in [6.07, 6.45) is 8.14. The predicted molar refractivity (Wildman–Crippen MR) is 93.3 cm³/mol. The molecule has 0 bridgehead atoms. The molecule has 1 aliphatic rings. The van der Waals surface area contributed by atoms with Crippen LogP contribution in [0.25, 0.3) is 10.9 Å². The van der Waals surface area contributed by atoms with Crippen molar-refractivity contribution in [2.24, 2.45) is 10.7 Å². The van der Waals surface area contributed by atoms with Gasteiger partial charge in [-0.05, 0) is 37.3 Å². The summed E-state index contributed by atoms with van der Waals surface area (Å²) < 4.78 is 0. The highest BCUT2D eigenvalue weighted by molar-refractivity contribution is 5.86. The maximum Gasteiger partial charge on any atom is 0.191 e. The molecular weight excluding hydrogens is 272 g/mol. The lowest BCUT2D eigenvalue weighted by Gasteiger charge is -2.21. The molecule has 0 amide bonds. The minimum atomic E-state index is 0.720. The third-order valence-electron chi connectivity index (χ3n) is 4.59. The second-order valence-corrected chi connectivity index (χ2v) is 6.20. The van der Waals surface area contributed by atoms with Gasteiger partial charge in [0.25, 0.3) is 0 Å². The van der Waals surface area contributed by atoms with Crippen LogP contribution in [0, 0.1) is 6.92 Å². The van der Waals surface area contributed by atoms with Crippen molar-refractivity contribution in [1.82, 2.24) is 9.88 Å². The van der Waals surface area contributed by atoms with Gasteiger partial charge in [-0.25, -0.2) is 0 Å². The van der Waals surface area contributed by atoms with Crippen LogP contribution in [-0.4, -0.2) is 35.5 Å². The van der Waals surface area contributed by atoms with Crippen LogP contribution in [0.5, 0.6) is 0 Å². The summed E-state index contributed by atoms with van der Waals surface area (Å²) in [5, 5.41) is 1.31. The zero-order valence-electron chi connectivity index (χ0n) is 13.4. The van der Waals surface area contributed by atoms with Gasteiger partial charge in [-0.15, -0.1) is 0 Å². The van der Waals surface area contributed by atoms with E-state index in [0.717, 1.165) is 32.0 Å². The lowest BCUT2D eigenvalue weighted by atomic mass is 10.1. The quantitative estimate of drug-likeness (QED) is 0.675. The molecule has 2 aromatic rings. The number of aryl methyl sites for hydroxylation is 1. The smallest absolute Gasteiger partial charge is 0.191 e. The molecule has 0 spiro atoms. The third kappa shape index (κ3) is 3.26. The average molecular weight is 298 g/mol. The molecule has 2 heterocycles. The third-order valence-corrected chi connectivity index (χ3v) is 4.59. The Bertz CT molecular complexity index is 648. The van der Waals surface area contributed by atoms with Gasteiger partial charge in [-0.3, -0.25) is 4.99 Å². The number of aromatic amines is 1. The van der Waals surface area contributed by atoms with Crippen molar-refractivity contribution in [2.45, 2.75) is 39.0 Å². The van der Waals surface area contributed by atoms with Crippen molar-refractivity contribution in [2.75, 3.05) is 19.6 Å². The highest BCUT2D eigenvalue weighted by Crippen LogP contribution is 2.21. The van der Waals surface area contributed by atoms with Gasteiger partial charge in [-0.1, -0.05) is 31.0 Å². The summed E-state index contributed by atoms with van der Waals surface area (Å²) in [7, 11) is 0. The number of likely N-dealkylation sites (tertiary alicyclic amines) is 1. The van der Waals surface area contributed by atoms with Gasteiger partial charge in [0.1, 0.15) is 0 Å². The first-order chi connectivity index (χ1) is 10.8. The van der Waals surface area contributed by atoms with E-state index in [0.29, 0.717) is 0 Å². The van der Waals surface area contributed by atoms with Crippen molar-refractivity contribution in [1.29, 1.82) is 0 Å². The molecule has 4 heteroatoms. The number of nitrogens with two attached hydrogens (primary N) is 1. The maximum atomic E-state index is 6.16. The number of hydrogen-bond donors (Lipinski definition) is 2. The molecule has 1 aromatic carbocycles. The van der Waals surface area contributed by atoms with Crippen LogP contribution in [0.1, 0.15) is 36.8 Å². The fourth-order valence-electron chi connectivity index (χ4n) is 3.26. The van der Waals surface area contributed by atoms with Crippen LogP contribution in [0.15, 0.2) is 29.4 Å². The molecule has 3 rings (SSSR count). The topological polar surface area (TPSA) is 57.4 Å². The standard InChI is InChI=1S/C18H26N4/c1-14-7-6-8-16-15(13-21-17(14)16)9-10-20-18(19)22-11-4-2-3-5-12-22/h6-8,13,21H,2-5,9-12H2,1H3,(H2,19,20). The fraction of sp³-hybridized carbons (Fsp3) is 0.500. The molecule has 118 valence electrons. The van der Waals surface area contributed by atoms with Gasteiger partial charge >= 0.3 is 0 Å². The number of hydrogen-bond acceptors (Lipinski definition) is 1. The van der Waals surface area contributed by atoms with Gasteiger partial charge in [0, 0.05) is 36.7 Å². The zero-order valence-corrected chi connectivity index (χ0v) is 13.4. The minimum absolute atomic E-state index is 0.720. The van der Waals surface area contributed by atoms with Gasteiger partial charge in [0.2, 0.25) is 0 Å². The highest BCUT2D eigenvalue weighted by Gasteiger charge is 2.11. The molecule has 0 unspecified atom stereocenters. The zero-order chi connectivity index (χ0) is 15.4. The number of nitrogens with one attached hydrogen (secondary N) is 1. The SMILES string of the molecule is Cc1cccc2c(CCN=C(N)N3CCCCCC3)c[nH]c12. The Morgan fingerprint density at radius 1 is 1.23 bits per heavy atom. The second kappa shape index (κ2) is 6.86. The average Bonchev–Trinajstić information content (AvgIpc) is 2.75. The van der Waals surface area contributed by atoms with E-state index in [2.05, 4.69) is 46.2 Å².